The number of ether oxygens (including phenoxy) is 4. The van der Waals surface area contributed by atoms with Crippen LogP contribution in [0, 0.1) is 56.5 Å². The molecule has 314 valence electrons. The fourth-order valence-corrected chi connectivity index (χ4v) is 11.2. The molecule has 0 aromatic heterocycles. The van der Waals surface area contributed by atoms with Crippen molar-refractivity contribution in [1.82, 2.24) is 5.32 Å². The van der Waals surface area contributed by atoms with Crippen LogP contribution < -0.4 is 5.32 Å². The number of nitrogens with zero attached hydrogens (tertiary/aromatic N) is 4. The van der Waals surface area contributed by atoms with Crippen molar-refractivity contribution in [2.45, 2.75) is 110 Å². The minimum Gasteiger partial charge on any atom is -0.481 e. The van der Waals surface area contributed by atoms with E-state index < -0.39 is 35.2 Å². The number of nitro benzene ring substituents is 1. The zero-order valence-electron chi connectivity index (χ0n) is 33.5. The highest BCUT2D eigenvalue weighted by Crippen LogP contribution is 2.68. The number of benzene rings is 1. The number of carbonyl (C=O) groups is 4. The van der Waals surface area contributed by atoms with Gasteiger partial charge >= 0.3 is 17.9 Å². The van der Waals surface area contributed by atoms with Crippen LogP contribution in [0.2, 0.25) is 0 Å². The Morgan fingerprint density at radius 3 is 2.35 bits per heavy atom. The number of carboxylic acid groups (broad SMARTS) is 1. The number of fused-ring (bicyclic) bond motifs is 5. The molecule has 1 aromatic rings. The number of esters is 2. The molecule has 16 nitrogen and oxygen atoms in total. The molecule has 2 N–H and O–H groups in total. The lowest BCUT2D eigenvalue weighted by Crippen LogP contribution is -2.54. The van der Waals surface area contributed by atoms with E-state index in [9.17, 15) is 34.4 Å². The summed E-state index contributed by atoms with van der Waals surface area (Å²) in [5.41, 5.74) is 8.49. The van der Waals surface area contributed by atoms with Gasteiger partial charge in [-0.15, -0.1) is 0 Å². The molecule has 5 rings (SSSR count). The number of carbonyl (C=O) groups excluding carboxylic acids is 3. The van der Waals surface area contributed by atoms with Crippen LogP contribution in [-0.4, -0.2) is 85.6 Å². The van der Waals surface area contributed by atoms with Gasteiger partial charge in [-0.05, 0) is 128 Å². The molecule has 16 heteroatoms. The van der Waals surface area contributed by atoms with E-state index in [1.165, 1.54) is 37.1 Å². The number of nitro groups is 1. The van der Waals surface area contributed by atoms with Crippen LogP contribution in [0.1, 0.15) is 108 Å². The van der Waals surface area contributed by atoms with Gasteiger partial charge in [0.25, 0.3) is 11.6 Å². The first kappa shape index (κ1) is 43.8. The number of azide groups is 1. The molecule has 57 heavy (non-hydrogen) atoms. The number of hydrogen-bond acceptors (Lipinski definition) is 11. The van der Waals surface area contributed by atoms with E-state index >= 15 is 0 Å². The highest BCUT2D eigenvalue weighted by atomic mass is 16.6. The minimum absolute atomic E-state index is 0.0691. The lowest BCUT2D eigenvalue weighted by atomic mass is 9.44. The van der Waals surface area contributed by atoms with Crippen molar-refractivity contribution >= 4 is 29.5 Å². The first-order valence-corrected chi connectivity index (χ1v) is 20.6. The minimum atomic E-state index is -1.39. The van der Waals surface area contributed by atoms with Gasteiger partial charge in [0.15, 0.2) is 0 Å². The van der Waals surface area contributed by atoms with Crippen LogP contribution in [0.15, 0.2) is 29.4 Å². The molecule has 0 bridgehead atoms. The van der Waals surface area contributed by atoms with Gasteiger partial charge < -0.3 is 29.4 Å². The van der Waals surface area contributed by atoms with Gasteiger partial charge in [0.1, 0.15) is 18.8 Å². The Morgan fingerprint density at radius 1 is 0.965 bits per heavy atom. The van der Waals surface area contributed by atoms with Crippen LogP contribution in [0.3, 0.4) is 0 Å². The van der Waals surface area contributed by atoms with Gasteiger partial charge in [-0.3, -0.25) is 24.5 Å². The van der Waals surface area contributed by atoms with E-state index in [2.05, 4.69) is 36.1 Å². The molecule has 0 heterocycles. The average Bonchev–Trinajstić information content (AvgIpc) is 3.54. The van der Waals surface area contributed by atoms with Crippen molar-refractivity contribution in [1.29, 1.82) is 0 Å². The summed E-state index contributed by atoms with van der Waals surface area (Å²) in [6.45, 7) is 9.11. The summed E-state index contributed by atoms with van der Waals surface area (Å²) in [7, 11) is 0. The molecule has 0 aliphatic heterocycles. The van der Waals surface area contributed by atoms with E-state index in [1.54, 1.807) is 0 Å². The standard InChI is InChI=1S/C41H59N5O11/c1-26(4-13-37(49)56-23-22-55-21-20-54-19-18-43-45-42)32-11-12-33-31-10-7-28-24-30(14-16-40(28,2)34(31)15-17-41(32,33)3)57-39(51)35(25-36(47)48)44-38(50)27-5-8-29(9-6-27)46(52)53/h5-6,8-9,26,28,30-35H,4,7,10-25H2,1-3H3,(H,44,50)(H,47,48)/t26?,28-,30-,31+,32?,33+,34+,35+,40+,41-/m1/s1. The number of nitrogens with one attached hydrogen (secondary N) is 1. The third-order valence-electron chi connectivity index (χ3n) is 14.0. The predicted octanol–water partition coefficient (Wildman–Crippen LogP) is 7.04. The topological polar surface area (TPSA) is 229 Å². The maximum Gasteiger partial charge on any atom is 0.329 e. The van der Waals surface area contributed by atoms with Gasteiger partial charge in [0.05, 0.1) is 37.8 Å². The van der Waals surface area contributed by atoms with Crippen molar-refractivity contribution < 1.29 is 48.2 Å². The zero-order valence-corrected chi connectivity index (χ0v) is 33.5. The number of non-ortho nitro benzene ring substituents is 1. The molecule has 1 amide bonds. The average molecular weight is 798 g/mol. The van der Waals surface area contributed by atoms with Crippen LogP contribution in [-0.2, 0) is 33.3 Å². The number of rotatable bonds is 20. The maximum atomic E-state index is 13.3. The monoisotopic (exact) mass is 797 g/mol. The van der Waals surface area contributed by atoms with Gasteiger partial charge in [0.2, 0.25) is 0 Å². The lowest BCUT2D eigenvalue weighted by molar-refractivity contribution is -0.384. The summed E-state index contributed by atoms with van der Waals surface area (Å²) in [5, 5.41) is 26.4. The highest BCUT2D eigenvalue weighted by Gasteiger charge is 2.60. The fraction of sp³-hybridized carbons (Fsp3) is 0.756. The number of hydrogen-bond donors (Lipinski definition) is 2. The third kappa shape index (κ3) is 10.8. The second kappa shape index (κ2) is 19.9. The zero-order chi connectivity index (χ0) is 41.2. The quantitative estimate of drug-likeness (QED) is 0.0258. The maximum absolute atomic E-state index is 13.3. The number of amides is 1. The molecular formula is C41H59N5O11. The molecule has 0 radical (unpaired) electrons. The van der Waals surface area contributed by atoms with E-state index in [0.717, 1.165) is 38.5 Å². The first-order chi connectivity index (χ1) is 27.3. The second-order valence-electron chi connectivity index (χ2n) is 17.1. The normalized spacial score (nSPS) is 29.9. The third-order valence-corrected chi connectivity index (χ3v) is 14.0. The molecule has 0 saturated heterocycles. The smallest absolute Gasteiger partial charge is 0.329 e. The van der Waals surface area contributed by atoms with Gasteiger partial charge in [-0.25, -0.2) is 4.79 Å². The summed E-state index contributed by atoms with van der Waals surface area (Å²) < 4.78 is 22.1. The van der Waals surface area contributed by atoms with Crippen LogP contribution in [0.4, 0.5) is 5.69 Å². The summed E-state index contributed by atoms with van der Waals surface area (Å²) in [6, 6.07) is 3.47. The molecule has 10 atom stereocenters. The Bertz CT molecular complexity index is 1640. The summed E-state index contributed by atoms with van der Waals surface area (Å²) >= 11 is 0. The second-order valence-corrected chi connectivity index (χ2v) is 17.1. The van der Waals surface area contributed by atoms with Crippen LogP contribution in [0.5, 0.6) is 0 Å². The Kier molecular flexibility index (Phi) is 15.3. The molecule has 4 saturated carbocycles. The van der Waals surface area contributed by atoms with Crippen molar-refractivity contribution in [2.24, 2.45) is 51.5 Å². The molecular weight excluding hydrogens is 738 g/mol. The molecule has 2 unspecified atom stereocenters. The van der Waals surface area contributed by atoms with Crippen molar-refractivity contribution in [3.63, 3.8) is 0 Å². The predicted molar refractivity (Wildman–Crippen MR) is 207 cm³/mol. The molecule has 1 aromatic carbocycles. The molecule has 4 aliphatic carbocycles. The highest BCUT2D eigenvalue weighted by molar-refractivity contribution is 5.97. The van der Waals surface area contributed by atoms with Gasteiger partial charge in [-0.2, -0.15) is 0 Å². The first-order valence-electron chi connectivity index (χ1n) is 20.6. The molecule has 0 spiro atoms. The van der Waals surface area contributed by atoms with Crippen molar-refractivity contribution in [3.8, 4) is 0 Å². The Hall–Kier alpha value is -4.27. The summed E-state index contributed by atoms with van der Waals surface area (Å²) in [5.74, 6) is 0.243. The molecule has 4 fully saturated rings. The van der Waals surface area contributed by atoms with Crippen molar-refractivity contribution in [3.05, 3.63) is 50.4 Å². The summed E-state index contributed by atoms with van der Waals surface area (Å²) in [6.07, 6.45) is 9.37. The number of carboxylic acids is 1. The lowest BCUT2D eigenvalue weighted by Gasteiger charge is -2.61. The van der Waals surface area contributed by atoms with E-state index in [1.807, 2.05) is 0 Å². The van der Waals surface area contributed by atoms with Crippen molar-refractivity contribution in [2.75, 3.05) is 39.6 Å². The van der Waals surface area contributed by atoms with E-state index in [4.69, 9.17) is 24.5 Å². The SMILES string of the molecule is CC(CCC(=O)OCCOCCOCCN=[N+]=[N-])C1CC[C@H]2[C@@H]3CC[C@@H]4C[C@H](OC(=O)[C@H](CC(=O)O)NC(=O)c5ccc([N+](=O)[O-])cc5)CC[C@]4(C)[C@H]3CC[C@]12C. The van der Waals surface area contributed by atoms with Crippen LogP contribution in [0.25, 0.3) is 10.4 Å². The molecule has 4 aliphatic rings. The Balaban J connectivity index is 1.08. The fourth-order valence-electron chi connectivity index (χ4n) is 11.2. The van der Waals surface area contributed by atoms with Gasteiger partial charge in [-0.1, -0.05) is 25.9 Å². The summed E-state index contributed by atoms with van der Waals surface area (Å²) in [4.78, 5) is 63.5. The largest absolute Gasteiger partial charge is 0.481 e. The van der Waals surface area contributed by atoms with Gasteiger partial charge in [0, 0.05) is 35.6 Å². The number of aliphatic carboxylic acids is 1. The van der Waals surface area contributed by atoms with E-state index in [0.29, 0.717) is 81.2 Å². The van der Waals surface area contributed by atoms with E-state index in [-0.39, 0.29) is 47.3 Å². The Labute approximate surface area is 333 Å². The van der Waals surface area contributed by atoms with Crippen LogP contribution >= 0.6 is 0 Å². The Morgan fingerprint density at radius 2 is 1.65 bits per heavy atom.